The van der Waals surface area contributed by atoms with Crippen LogP contribution >= 0.6 is 15.9 Å². The Kier molecular flexibility index (Phi) is 5.31. The van der Waals surface area contributed by atoms with Gasteiger partial charge < -0.3 is 9.84 Å². The van der Waals surface area contributed by atoms with Crippen molar-refractivity contribution < 1.29 is 23.1 Å². The topological polar surface area (TPSA) is 92.7 Å². The third kappa shape index (κ3) is 4.27. The molecule has 8 heteroatoms. The van der Waals surface area contributed by atoms with Crippen molar-refractivity contribution in [2.75, 3.05) is 13.7 Å². The number of sulfonamides is 1. The molecule has 0 aromatic heterocycles. The Morgan fingerprint density at radius 2 is 2.05 bits per heavy atom. The molecule has 0 aliphatic rings. The molecule has 0 amide bonds. The molecule has 0 aliphatic heterocycles. The maximum Gasteiger partial charge on any atom is 0.336 e. The van der Waals surface area contributed by atoms with Crippen molar-refractivity contribution in [3.05, 3.63) is 28.2 Å². The van der Waals surface area contributed by atoms with Crippen LogP contribution in [0.3, 0.4) is 0 Å². The summed E-state index contributed by atoms with van der Waals surface area (Å²) in [5.74, 6) is -1.20. The molecule has 0 heterocycles. The minimum atomic E-state index is -3.79. The van der Waals surface area contributed by atoms with E-state index in [1.807, 2.05) is 0 Å². The molecular formula is C12H16BrNO5S. The van der Waals surface area contributed by atoms with Crippen molar-refractivity contribution in [2.24, 2.45) is 0 Å². The molecule has 0 saturated carbocycles. The third-order valence-corrected chi connectivity index (χ3v) is 4.81. The number of benzene rings is 1. The monoisotopic (exact) mass is 365 g/mol. The second kappa shape index (κ2) is 6.21. The number of carbonyl (C=O) groups is 1. The van der Waals surface area contributed by atoms with Gasteiger partial charge in [-0.2, -0.15) is 0 Å². The number of hydrogen-bond acceptors (Lipinski definition) is 4. The van der Waals surface area contributed by atoms with Gasteiger partial charge >= 0.3 is 5.97 Å². The van der Waals surface area contributed by atoms with Gasteiger partial charge in [-0.25, -0.2) is 17.9 Å². The molecule has 0 bridgehead atoms. The largest absolute Gasteiger partial charge is 0.478 e. The number of halogens is 1. The first-order valence-corrected chi connectivity index (χ1v) is 7.94. The Labute approximate surface area is 126 Å². The Balaban J connectivity index is 3.05. The number of carboxylic acids is 1. The summed E-state index contributed by atoms with van der Waals surface area (Å²) in [5, 5.41) is 8.99. The fraction of sp³-hybridized carbons (Fsp3) is 0.417. The summed E-state index contributed by atoms with van der Waals surface area (Å²) in [5.41, 5.74) is -0.767. The van der Waals surface area contributed by atoms with Crippen LogP contribution in [0.25, 0.3) is 0 Å². The zero-order chi connectivity index (χ0) is 15.6. The predicted molar refractivity (Wildman–Crippen MR) is 77.4 cm³/mol. The van der Waals surface area contributed by atoms with E-state index in [0.29, 0.717) is 4.47 Å². The number of carboxylic acid groups (broad SMARTS) is 1. The van der Waals surface area contributed by atoms with E-state index in [2.05, 4.69) is 20.7 Å². The molecule has 1 rings (SSSR count). The van der Waals surface area contributed by atoms with E-state index < -0.39 is 21.6 Å². The van der Waals surface area contributed by atoms with Crippen molar-refractivity contribution in [3.8, 4) is 0 Å². The van der Waals surface area contributed by atoms with Crippen LogP contribution in [0.15, 0.2) is 27.6 Å². The van der Waals surface area contributed by atoms with Gasteiger partial charge in [-0.1, -0.05) is 0 Å². The van der Waals surface area contributed by atoms with E-state index in [4.69, 9.17) is 9.84 Å². The first-order chi connectivity index (χ1) is 9.09. The van der Waals surface area contributed by atoms with Crippen LogP contribution in [0, 0.1) is 0 Å². The summed E-state index contributed by atoms with van der Waals surface area (Å²) in [6.45, 7) is 3.55. The molecule has 2 N–H and O–H groups in total. The minimum absolute atomic E-state index is 0.0737. The standard InChI is InChI=1S/C12H16BrNO5S/c1-12(2,19-3)7-14-20(17,18)8-4-5-10(13)9(6-8)11(15)16/h4-6,14H,7H2,1-3H3,(H,15,16). The van der Waals surface area contributed by atoms with Gasteiger partial charge in [-0.05, 0) is 48.0 Å². The lowest BCUT2D eigenvalue weighted by molar-refractivity contribution is 0.0276. The van der Waals surface area contributed by atoms with E-state index in [9.17, 15) is 13.2 Å². The predicted octanol–water partition coefficient (Wildman–Crippen LogP) is 1.85. The SMILES string of the molecule is COC(C)(C)CNS(=O)(=O)c1ccc(Br)c(C(=O)O)c1. The highest BCUT2D eigenvalue weighted by Gasteiger charge is 2.23. The quantitative estimate of drug-likeness (QED) is 0.802. The van der Waals surface area contributed by atoms with Gasteiger partial charge in [0.1, 0.15) is 0 Å². The molecule has 6 nitrogen and oxygen atoms in total. The van der Waals surface area contributed by atoms with E-state index in [1.54, 1.807) is 13.8 Å². The first kappa shape index (κ1) is 17.1. The molecule has 0 fully saturated rings. The highest BCUT2D eigenvalue weighted by molar-refractivity contribution is 9.10. The maximum atomic E-state index is 12.1. The zero-order valence-electron chi connectivity index (χ0n) is 11.3. The van der Waals surface area contributed by atoms with Crippen LogP contribution in [0.4, 0.5) is 0 Å². The van der Waals surface area contributed by atoms with Gasteiger partial charge in [0.15, 0.2) is 0 Å². The summed E-state index contributed by atoms with van der Waals surface area (Å²) in [6.07, 6.45) is 0. The summed E-state index contributed by atoms with van der Waals surface area (Å²) in [4.78, 5) is 10.9. The Hall–Kier alpha value is -0.960. The number of aromatic carboxylic acids is 1. The third-order valence-electron chi connectivity index (χ3n) is 2.72. The van der Waals surface area contributed by atoms with Crippen LogP contribution < -0.4 is 4.72 Å². The average molecular weight is 366 g/mol. The van der Waals surface area contributed by atoms with Crippen molar-refractivity contribution in [3.63, 3.8) is 0 Å². The fourth-order valence-electron chi connectivity index (χ4n) is 1.26. The van der Waals surface area contributed by atoms with Crippen molar-refractivity contribution in [1.29, 1.82) is 0 Å². The summed E-state index contributed by atoms with van der Waals surface area (Å²) < 4.78 is 32.0. The van der Waals surface area contributed by atoms with Gasteiger partial charge in [0.2, 0.25) is 10.0 Å². The highest BCUT2D eigenvalue weighted by Crippen LogP contribution is 2.21. The van der Waals surface area contributed by atoms with Crippen LogP contribution in [0.5, 0.6) is 0 Å². The molecule has 0 atom stereocenters. The number of hydrogen-bond donors (Lipinski definition) is 2. The highest BCUT2D eigenvalue weighted by atomic mass is 79.9. The molecule has 0 spiro atoms. The minimum Gasteiger partial charge on any atom is -0.478 e. The summed E-state index contributed by atoms with van der Waals surface area (Å²) in [6, 6.07) is 3.83. The van der Waals surface area contributed by atoms with Crippen LogP contribution in [0.1, 0.15) is 24.2 Å². The average Bonchev–Trinajstić information content (AvgIpc) is 2.36. The molecule has 0 aliphatic carbocycles. The lowest BCUT2D eigenvalue weighted by atomic mass is 10.1. The van der Waals surface area contributed by atoms with E-state index >= 15 is 0 Å². The molecular weight excluding hydrogens is 350 g/mol. The van der Waals surface area contributed by atoms with Gasteiger partial charge in [0.05, 0.1) is 16.1 Å². The molecule has 20 heavy (non-hydrogen) atoms. The van der Waals surface area contributed by atoms with E-state index in [0.717, 1.165) is 6.07 Å². The lowest BCUT2D eigenvalue weighted by Gasteiger charge is -2.23. The van der Waals surface area contributed by atoms with Gasteiger partial charge in [-0.3, -0.25) is 0 Å². The van der Waals surface area contributed by atoms with Crippen molar-refractivity contribution in [2.45, 2.75) is 24.3 Å². The van der Waals surface area contributed by atoms with Gasteiger partial charge in [0.25, 0.3) is 0 Å². The number of rotatable bonds is 6. The Morgan fingerprint density at radius 3 is 2.55 bits per heavy atom. The number of nitrogens with one attached hydrogen (secondary N) is 1. The van der Waals surface area contributed by atoms with Crippen LogP contribution in [-0.2, 0) is 14.8 Å². The maximum absolute atomic E-state index is 12.1. The fourth-order valence-corrected chi connectivity index (χ4v) is 2.90. The van der Waals surface area contributed by atoms with Gasteiger partial charge in [-0.15, -0.1) is 0 Å². The molecule has 1 aromatic carbocycles. The number of methoxy groups -OCH3 is 1. The molecule has 0 saturated heterocycles. The first-order valence-electron chi connectivity index (χ1n) is 5.67. The summed E-state index contributed by atoms with van der Waals surface area (Å²) >= 11 is 3.06. The van der Waals surface area contributed by atoms with E-state index in [-0.39, 0.29) is 17.0 Å². The van der Waals surface area contributed by atoms with Crippen LogP contribution in [-0.4, -0.2) is 38.7 Å². The lowest BCUT2D eigenvalue weighted by Crippen LogP contribution is -2.39. The second-order valence-corrected chi connectivity index (χ2v) is 7.36. The van der Waals surface area contributed by atoms with Crippen molar-refractivity contribution in [1.82, 2.24) is 4.72 Å². The molecule has 1 aromatic rings. The zero-order valence-corrected chi connectivity index (χ0v) is 13.7. The van der Waals surface area contributed by atoms with Gasteiger partial charge in [0, 0.05) is 18.1 Å². The molecule has 0 radical (unpaired) electrons. The normalized spacial score (nSPS) is 12.4. The van der Waals surface area contributed by atoms with Crippen LogP contribution in [0.2, 0.25) is 0 Å². The van der Waals surface area contributed by atoms with E-state index in [1.165, 1.54) is 19.2 Å². The molecule has 0 unspecified atom stereocenters. The molecule has 112 valence electrons. The Bertz CT molecular complexity index is 612. The Morgan fingerprint density at radius 1 is 1.45 bits per heavy atom. The summed E-state index contributed by atoms with van der Waals surface area (Å²) in [7, 11) is -2.31. The smallest absolute Gasteiger partial charge is 0.336 e. The second-order valence-electron chi connectivity index (χ2n) is 4.74. The number of ether oxygens (including phenoxy) is 1. The van der Waals surface area contributed by atoms with Crippen molar-refractivity contribution >= 4 is 31.9 Å².